The Balaban J connectivity index is 2.22. The Hall–Kier alpha value is 0.640. The predicted octanol–water partition coefficient (Wildman–Crippen LogP) is 5.57. The molecule has 2 aliphatic carbocycles. The molecule has 2 aliphatic rings. The van der Waals surface area contributed by atoms with E-state index in [9.17, 15) is 0 Å². The van der Waals surface area contributed by atoms with E-state index >= 15 is 0 Å². The van der Waals surface area contributed by atoms with Gasteiger partial charge >= 0.3 is 0 Å². The normalized spacial score (nSPS) is 25.6. The monoisotopic (exact) mass is 284 g/mol. The van der Waals surface area contributed by atoms with Gasteiger partial charge in [-0.25, -0.2) is 0 Å². The van der Waals surface area contributed by atoms with Crippen LogP contribution in [-0.2, 0) is 0 Å². The lowest BCUT2D eigenvalue weighted by atomic mass is 9.80. The van der Waals surface area contributed by atoms with Crippen molar-refractivity contribution >= 4 is 46.4 Å². The molecule has 1 fully saturated rings. The molecule has 0 aromatic rings. The van der Waals surface area contributed by atoms with Gasteiger partial charge in [-0.1, -0.05) is 65.7 Å². The molecule has 0 bridgehead atoms. The average Bonchev–Trinajstić information content (AvgIpc) is 2.45. The van der Waals surface area contributed by atoms with Gasteiger partial charge in [0.15, 0.2) is 0 Å². The number of allylic oxidation sites excluding steroid dienone is 4. The van der Waals surface area contributed by atoms with Crippen molar-refractivity contribution in [3.63, 3.8) is 0 Å². The zero-order chi connectivity index (χ0) is 11.0. The maximum absolute atomic E-state index is 6.19. The summed E-state index contributed by atoms with van der Waals surface area (Å²) in [5, 5.41) is 2.16. The molecule has 0 heterocycles. The molecule has 0 unspecified atom stereocenters. The van der Waals surface area contributed by atoms with Gasteiger partial charge in [0, 0.05) is 16.0 Å². The number of rotatable bonds is 1. The van der Waals surface area contributed by atoms with Crippen LogP contribution in [0.5, 0.6) is 0 Å². The third-order valence-electron chi connectivity index (χ3n) is 3.28. The summed E-state index contributed by atoms with van der Waals surface area (Å²) >= 11 is 24.4. The van der Waals surface area contributed by atoms with E-state index in [2.05, 4.69) is 0 Å². The Bertz CT molecular complexity index is 299. The lowest BCUT2D eigenvalue weighted by Crippen LogP contribution is -2.17. The van der Waals surface area contributed by atoms with E-state index in [0.717, 1.165) is 0 Å². The van der Waals surface area contributed by atoms with Crippen LogP contribution in [0.4, 0.5) is 0 Å². The summed E-state index contributed by atoms with van der Waals surface area (Å²) in [7, 11) is 0. The molecule has 2 rings (SSSR count). The first kappa shape index (κ1) is 12.1. The fourth-order valence-corrected chi connectivity index (χ4v) is 3.83. The minimum atomic E-state index is 0.0635. The highest BCUT2D eigenvalue weighted by molar-refractivity contribution is 6.53. The molecular weight excluding hydrogens is 274 g/mol. The highest BCUT2D eigenvalue weighted by atomic mass is 35.5. The minimum Gasteiger partial charge on any atom is -0.0868 e. The highest BCUT2D eigenvalue weighted by Gasteiger charge is 2.36. The van der Waals surface area contributed by atoms with E-state index < -0.39 is 0 Å². The second-order valence-corrected chi connectivity index (χ2v) is 5.77. The lowest BCUT2D eigenvalue weighted by Gasteiger charge is -2.27. The van der Waals surface area contributed by atoms with Gasteiger partial charge in [0.25, 0.3) is 0 Å². The van der Waals surface area contributed by atoms with Gasteiger partial charge in [-0.3, -0.25) is 0 Å². The highest BCUT2D eigenvalue weighted by Crippen LogP contribution is 2.51. The Labute approximate surface area is 110 Å². The Morgan fingerprint density at radius 1 is 0.733 bits per heavy atom. The fourth-order valence-electron chi connectivity index (χ4n) is 2.48. The van der Waals surface area contributed by atoms with Crippen LogP contribution in [0, 0.1) is 11.8 Å². The van der Waals surface area contributed by atoms with Crippen molar-refractivity contribution in [2.45, 2.75) is 32.1 Å². The van der Waals surface area contributed by atoms with E-state index in [1.54, 1.807) is 0 Å². The van der Waals surface area contributed by atoms with Gasteiger partial charge < -0.3 is 0 Å². The third-order valence-corrected chi connectivity index (χ3v) is 5.20. The summed E-state index contributed by atoms with van der Waals surface area (Å²) in [4.78, 5) is 0. The average molecular weight is 286 g/mol. The SMILES string of the molecule is ClC1=C(Cl)C(C2CCCCC2)C(Cl)=C1Cl. The van der Waals surface area contributed by atoms with Gasteiger partial charge in [-0.05, 0) is 18.8 Å². The Morgan fingerprint density at radius 2 is 1.20 bits per heavy atom. The molecule has 0 nitrogen and oxygen atoms in total. The molecule has 0 aromatic heterocycles. The number of hydrogen-bond acceptors (Lipinski definition) is 0. The van der Waals surface area contributed by atoms with Crippen molar-refractivity contribution in [3.8, 4) is 0 Å². The van der Waals surface area contributed by atoms with E-state index in [1.807, 2.05) is 0 Å². The second kappa shape index (κ2) is 4.87. The second-order valence-electron chi connectivity index (χ2n) is 4.20. The van der Waals surface area contributed by atoms with Crippen LogP contribution < -0.4 is 0 Å². The third kappa shape index (κ3) is 2.20. The van der Waals surface area contributed by atoms with E-state index in [1.165, 1.54) is 32.1 Å². The van der Waals surface area contributed by atoms with Crippen molar-refractivity contribution in [2.24, 2.45) is 11.8 Å². The van der Waals surface area contributed by atoms with Crippen LogP contribution >= 0.6 is 46.4 Å². The first-order valence-electron chi connectivity index (χ1n) is 5.23. The summed E-state index contributed by atoms with van der Waals surface area (Å²) in [6, 6.07) is 0. The van der Waals surface area contributed by atoms with E-state index in [4.69, 9.17) is 46.4 Å². The van der Waals surface area contributed by atoms with Crippen LogP contribution in [0.3, 0.4) is 0 Å². The molecule has 0 N–H and O–H groups in total. The van der Waals surface area contributed by atoms with E-state index in [0.29, 0.717) is 26.0 Å². The van der Waals surface area contributed by atoms with Crippen molar-refractivity contribution in [3.05, 3.63) is 20.1 Å². The van der Waals surface area contributed by atoms with Gasteiger partial charge in [-0.15, -0.1) is 0 Å². The molecule has 0 atom stereocenters. The van der Waals surface area contributed by atoms with Crippen LogP contribution in [0.25, 0.3) is 0 Å². The Morgan fingerprint density at radius 3 is 1.67 bits per heavy atom. The molecule has 0 radical (unpaired) electrons. The van der Waals surface area contributed by atoms with Crippen LogP contribution in [0.1, 0.15) is 32.1 Å². The Kier molecular flexibility index (Phi) is 3.93. The zero-order valence-electron chi connectivity index (χ0n) is 8.20. The van der Waals surface area contributed by atoms with Crippen LogP contribution in [0.2, 0.25) is 0 Å². The smallest absolute Gasteiger partial charge is 0.0756 e. The van der Waals surface area contributed by atoms with Gasteiger partial charge in [0.1, 0.15) is 0 Å². The van der Waals surface area contributed by atoms with Crippen molar-refractivity contribution < 1.29 is 0 Å². The molecule has 1 saturated carbocycles. The van der Waals surface area contributed by atoms with Gasteiger partial charge in [0.2, 0.25) is 0 Å². The fraction of sp³-hybridized carbons (Fsp3) is 0.636. The molecule has 84 valence electrons. The first-order chi connectivity index (χ1) is 7.13. The molecule has 0 spiro atoms. The zero-order valence-corrected chi connectivity index (χ0v) is 11.2. The number of hydrogen-bond donors (Lipinski definition) is 0. The minimum absolute atomic E-state index is 0.0635. The summed E-state index contributed by atoms with van der Waals surface area (Å²) in [5.41, 5.74) is 0. The maximum Gasteiger partial charge on any atom is 0.0756 e. The van der Waals surface area contributed by atoms with Crippen molar-refractivity contribution in [1.82, 2.24) is 0 Å². The largest absolute Gasteiger partial charge is 0.0868 e. The number of halogens is 4. The first-order valence-corrected chi connectivity index (χ1v) is 6.74. The summed E-state index contributed by atoms with van der Waals surface area (Å²) in [6.45, 7) is 0. The summed E-state index contributed by atoms with van der Waals surface area (Å²) < 4.78 is 0. The molecule has 4 heteroatoms. The van der Waals surface area contributed by atoms with Gasteiger partial charge in [0.05, 0.1) is 10.1 Å². The summed E-state index contributed by atoms with van der Waals surface area (Å²) in [6.07, 6.45) is 6.17. The molecule has 0 aromatic carbocycles. The molecule has 0 aliphatic heterocycles. The molecule has 15 heavy (non-hydrogen) atoms. The molecule has 0 amide bonds. The maximum atomic E-state index is 6.19. The predicted molar refractivity (Wildman–Crippen MR) is 67.5 cm³/mol. The van der Waals surface area contributed by atoms with E-state index in [-0.39, 0.29) is 5.92 Å². The molecular formula is C11H12Cl4. The van der Waals surface area contributed by atoms with Crippen LogP contribution in [0.15, 0.2) is 20.1 Å². The van der Waals surface area contributed by atoms with Crippen molar-refractivity contribution in [1.29, 1.82) is 0 Å². The van der Waals surface area contributed by atoms with Crippen molar-refractivity contribution in [2.75, 3.05) is 0 Å². The summed E-state index contributed by atoms with van der Waals surface area (Å²) in [5.74, 6) is 0.581. The van der Waals surface area contributed by atoms with Crippen LogP contribution in [-0.4, -0.2) is 0 Å². The quantitative estimate of drug-likeness (QED) is 0.590. The topological polar surface area (TPSA) is 0 Å². The lowest BCUT2D eigenvalue weighted by molar-refractivity contribution is 0.314. The molecule has 0 saturated heterocycles. The standard InChI is InChI=1S/C11H12Cl4/c12-8-7(6-4-2-1-3-5-6)9(13)11(15)10(8)14/h6-7H,1-5H2. The van der Waals surface area contributed by atoms with Gasteiger partial charge in [-0.2, -0.15) is 0 Å².